The molecule has 0 amide bonds. The van der Waals surface area contributed by atoms with Crippen LogP contribution in [0.25, 0.3) is 0 Å². The van der Waals surface area contributed by atoms with Crippen LogP contribution in [-0.2, 0) is 0 Å². The molecule has 1 aliphatic rings. The molecule has 0 aromatic heterocycles. The van der Waals surface area contributed by atoms with Gasteiger partial charge in [-0.05, 0) is 36.0 Å². The Morgan fingerprint density at radius 2 is 1.72 bits per heavy atom. The second-order valence-corrected chi connectivity index (χ2v) is 7.58. The molecule has 0 saturated heterocycles. The third kappa shape index (κ3) is 3.86. The van der Waals surface area contributed by atoms with Gasteiger partial charge in [0.25, 0.3) is 0 Å². The Kier molecular flexibility index (Phi) is 4.64. The van der Waals surface area contributed by atoms with E-state index in [2.05, 4.69) is 66.3 Å². The van der Waals surface area contributed by atoms with E-state index in [9.17, 15) is 0 Å². The Bertz CT molecular complexity index is 352. The average Bonchev–Trinajstić information content (AvgIpc) is 2.23. The Hall–Kier alpha value is -0.780. The summed E-state index contributed by atoms with van der Waals surface area (Å²) in [5.74, 6) is 0.697. The van der Waals surface area contributed by atoms with Crippen molar-refractivity contribution in [2.75, 3.05) is 0 Å². The highest BCUT2D eigenvalue weighted by Crippen LogP contribution is 2.43. The molecule has 0 bridgehead atoms. The molecule has 1 aliphatic carbocycles. The standard InChI is InChI=1S/C18H30/c1-8-9-10-14-13-15(17(2,3)4)11-12-16(14)18(5,6)7/h8,11-12,14H,1,9-10,13H2,2-7H3. The van der Waals surface area contributed by atoms with Crippen LogP contribution < -0.4 is 0 Å². The van der Waals surface area contributed by atoms with E-state index < -0.39 is 0 Å². The molecular formula is C18H30. The zero-order valence-corrected chi connectivity index (χ0v) is 13.1. The minimum absolute atomic E-state index is 0.283. The molecule has 0 aromatic rings. The molecule has 0 radical (unpaired) electrons. The van der Waals surface area contributed by atoms with Crippen molar-refractivity contribution in [2.24, 2.45) is 16.7 Å². The normalized spacial score (nSPS) is 21.3. The van der Waals surface area contributed by atoms with Gasteiger partial charge in [-0.25, -0.2) is 0 Å². The van der Waals surface area contributed by atoms with Crippen LogP contribution in [0, 0.1) is 16.7 Å². The number of hydrogen-bond acceptors (Lipinski definition) is 0. The van der Waals surface area contributed by atoms with Gasteiger partial charge in [-0.3, -0.25) is 0 Å². The fraction of sp³-hybridized carbons (Fsp3) is 0.667. The molecule has 0 nitrogen and oxygen atoms in total. The van der Waals surface area contributed by atoms with Crippen molar-refractivity contribution in [3.05, 3.63) is 36.0 Å². The molecule has 0 aliphatic heterocycles. The van der Waals surface area contributed by atoms with E-state index in [0.29, 0.717) is 11.3 Å². The van der Waals surface area contributed by atoms with E-state index >= 15 is 0 Å². The van der Waals surface area contributed by atoms with Gasteiger partial charge in [0, 0.05) is 0 Å². The molecular weight excluding hydrogens is 216 g/mol. The molecule has 0 heteroatoms. The zero-order chi connectivity index (χ0) is 14.0. The fourth-order valence-electron chi connectivity index (χ4n) is 2.77. The SMILES string of the molecule is C=CCCC1CC(C(C)(C)C)=CC=C1C(C)(C)C. The van der Waals surface area contributed by atoms with Gasteiger partial charge in [0.1, 0.15) is 0 Å². The van der Waals surface area contributed by atoms with Crippen LogP contribution in [0.15, 0.2) is 36.0 Å². The average molecular weight is 246 g/mol. The molecule has 0 N–H and O–H groups in total. The molecule has 0 aromatic carbocycles. The summed E-state index contributed by atoms with van der Waals surface area (Å²) in [4.78, 5) is 0. The quantitative estimate of drug-likeness (QED) is 0.542. The van der Waals surface area contributed by atoms with Crippen LogP contribution in [0.3, 0.4) is 0 Å². The highest BCUT2D eigenvalue weighted by Gasteiger charge is 2.30. The minimum atomic E-state index is 0.283. The summed E-state index contributed by atoms with van der Waals surface area (Å²) in [6, 6.07) is 0. The number of rotatable bonds is 3. The molecule has 1 unspecified atom stereocenters. The molecule has 0 spiro atoms. The Morgan fingerprint density at radius 3 is 2.17 bits per heavy atom. The fourth-order valence-corrected chi connectivity index (χ4v) is 2.77. The second-order valence-electron chi connectivity index (χ2n) is 7.58. The predicted octanol–water partition coefficient (Wildman–Crippen LogP) is 5.92. The third-order valence-electron chi connectivity index (χ3n) is 3.92. The molecule has 102 valence electrons. The first kappa shape index (κ1) is 15.3. The molecule has 0 heterocycles. The summed E-state index contributed by atoms with van der Waals surface area (Å²) in [6.45, 7) is 17.8. The summed E-state index contributed by atoms with van der Waals surface area (Å²) in [7, 11) is 0. The molecule has 0 saturated carbocycles. The van der Waals surface area contributed by atoms with Crippen LogP contribution in [0.4, 0.5) is 0 Å². The van der Waals surface area contributed by atoms with E-state index in [-0.39, 0.29) is 5.41 Å². The van der Waals surface area contributed by atoms with Gasteiger partial charge >= 0.3 is 0 Å². The van der Waals surface area contributed by atoms with Crippen molar-refractivity contribution < 1.29 is 0 Å². The van der Waals surface area contributed by atoms with Gasteiger partial charge in [0.2, 0.25) is 0 Å². The van der Waals surface area contributed by atoms with Crippen molar-refractivity contribution in [3.63, 3.8) is 0 Å². The topological polar surface area (TPSA) is 0 Å². The molecule has 0 fully saturated rings. The first-order valence-corrected chi connectivity index (χ1v) is 7.19. The lowest BCUT2D eigenvalue weighted by molar-refractivity contribution is 0.372. The van der Waals surface area contributed by atoms with Crippen molar-refractivity contribution in [1.29, 1.82) is 0 Å². The van der Waals surface area contributed by atoms with Crippen molar-refractivity contribution in [3.8, 4) is 0 Å². The van der Waals surface area contributed by atoms with Gasteiger partial charge in [-0.15, -0.1) is 6.58 Å². The van der Waals surface area contributed by atoms with Gasteiger partial charge in [0.05, 0.1) is 0 Å². The first-order chi connectivity index (χ1) is 8.16. The maximum absolute atomic E-state index is 3.87. The summed E-state index contributed by atoms with van der Waals surface area (Å²) >= 11 is 0. The van der Waals surface area contributed by atoms with Crippen LogP contribution in [0.1, 0.15) is 60.8 Å². The van der Waals surface area contributed by atoms with Crippen LogP contribution in [-0.4, -0.2) is 0 Å². The summed E-state index contributed by atoms with van der Waals surface area (Å²) in [5.41, 5.74) is 3.78. The maximum Gasteiger partial charge on any atom is -0.0154 e. The van der Waals surface area contributed by atoms with E-state index in [4.69, 9.17) is 0 Å². The summed E-state index contributed by atoms with van der Waals surface area (Å²) < 4.78 is 0. The first-order valence-electron chi connectivity index (χ1n) is 7.19. The molecule has 18 heavy (non-hydrogen) atoms. The van der Waals surface area contributed by atoms with Gasteiger partial charge in [-0.1, -0.05) is 70.9 Å². The van der Waals surface area contributed by atoms with Crippen molar-refractivity contribution >= 4 is 0 Å². The predicted molar refractivity (Wildman–Crippen MR) is 82.6 cm³/mol. The Balaban J connectivity index is 3.00. The van der Waals surface area contributed by atoms with Crippen molar-refractivity contribution in [1.82, 2.24) is 0 Å². The van der Waals surface area contributed by atoms with Crippen LogP contribution in [0.5, 0.6) is 0 Å². The molecule has 1 atom stereocenters. The maximum atomic E-state index is 3.87. The van der Waals surface area contributed by atoms with Crippen LogP contribution >= 0.6 is 0 Å². The van der Waals surface area contributed by atoms with Gasteiger partial charge in [0.15, 0.2) is 0 Å². The largest absolute Gasteiger partial charge is 0.103 e. The van der Waals surface area contributed by atoms with Crippen molar-refractivity contribution in [2.45, 2.75) is 60.8 Å². The second kappa shape index (κ2) is 5.47. The van der Waals surface area contributed by atoms with Gasteiger partial charge in [-0.2, -0.15) is 0 Å². The lowest BCUT2D eigenvalue weighted by atomic mass is 9.69. The van der Waals surface area contributed by atoms with E-state index in [0.717, 1.165) is 6.42 Å². The van der Waals surface area contributed by atoms with E-state index in [1.807, 2.05) is 0 Å². The lowest BCUT2D eigenvalue weighted by Gasteiger charge is -2.37. The molecule has 1 rings (SSSR count). The van der Waals surface area contributed by atoms with E-state index in [1.54, 1.807) is 11.1 Å². The highest BCUT2D eigenvalue weighted by molar-refractivity contribution is 5.32. The minimum Gasteiger partial charge on any atom is -0.103 e. The summed E-state index contributed by atoms with van der Waals surface area (Å²) in [6.07, 6.45) is 10.4. The lowest BCUT2D eigenvalue weighted by Crippen LogP contribution is -2.24. The number of allylic oxidation sites excluding steroid dienone is 5. The zero-order valence-electron chi connectivity index (χ0n) is 13.1. The highest BCUT2D eigenvalue weighted by atomic mass is 14.3. The number of hydrogen-bond donors (Lipinski definition) is 0. The Labute approximate surface area is 114 Å². The van der Waals surface area contributed by atoms with Crippen LogP contribution in [0.2, 0.25) is 0 Å². The summed E-state index contributed by atoms with van der Waals surface area (Å²) in [5, 5.41) is 0. The van der Waals surface area contributed by atoms with Gasteiger partial charge < -0.3 is 0 Å². The smallest absolute Gasteiger partial charge is 0.0154 e. The third-order valence-corrected chi connectivity index (χ3v) is 3.92. The monoisotopic (exact) mass is 246 g/mol. The Morgan fingerprint density at radius 1 is 1.11 bits per heavy atom. The van der Waals surface area contributed by atoms with E-state index in [1.165, 1.54) is 12.8 Å².